The van der Waals surface area contributed by atoms with Crippen molar-refractivity contribution in [3.05, 3.63) is 71.8 Å². The van der Waals surface area contributed by atoms with Gasteiger partial charge in [0.25, 0.3) is 0 Å². The van der Waals surface area contributed by atoms with Gasteiger partial charge in [-0.25, -0.2) is 9.07 Å². The topological polar surface area (TPSA) is 85.8 Å². The Morgan fingerprint density at radius 3 is 2.44 bits per heavy atom. The Morgan fingerprint density at radius 2 is 1.84 bits per heavy atom. The van der Waals surface area contributed by atoms with E-state index in [0.717, 1.165) is 5.56 Å². The van der Waals surface area contributed by atoms with E-state index in [1.54, 1.807) is 6.92 Å². The minimum absolute atomic E-state index is 0.261. The molecule has 0 aliphatic heterocycles. The first-order valence-electron chi connectivity index (χ1n) is 7.49. The fraction of sp³-hybridized carbons (Fsp3) is 0.118. The van der Waals surface area contributed by atoms with E-state index in [4.69, 9.17) is 5.84 Å². The van der Waals surface area contributed by atoms with Gasteiger partial charge in [0.2, 0.25) is 11.1 Å². The summed E-state index contributed by atoms with van der Waals surface area (Å²) < 4.78 is 14.4. The van der Waals surface area contributed by atoms with Crippen LogP contribution >= 0.6 is 11.8 Å². The van der Waals surface area contributed by atoms with Crippen LogP contribution in [-0.4, -0.2) is 20.8 Å². The molecule has 3 N–H and O–H groups in total. The number of aryl methyl sites for hydroxylation is 1. The summed E-state index contributed by atoms with van der Waals surface area (Å²) in [6.07, 6.45) is 0. The van der Waals surface area contributed by atoms with Gasteiger partial charge in [0.1, 0.15) is 16.9 Å². The maximum Gasteiger partial charge on any atom is 0.242 e. The highest BCUT2D eigenvalue weighted by atomic mass is 32.2. The molecule has 1 amide bonds. The zero-order chi connectivity index (χ0) is 17.8. The lowest BCUT2D eigenvalue weighted by Crippen LogP contribution is -2.20. The number of aromatic nitrogens is 3. The molecule has 3 rings (SSSR count). The first kappa shape index (κ1) is 17.0. The summed E-state index contributed by atoms with van der Waals surface area (Å²) >= 11 is 1.20. The Labute approximate surface area is 148 Å². The summed E-state index contributed by atoms with van der Waals surface area (Å²) in [5.41, 5.74) is 1.31. The Hall–Kier alpha value is -2.87. The van der Waals surface area contributed by atoms with Crippen LogP contribution in [0.5, 0.6) is 0 Å². The number of benzene rings is 2. The summed E-state index contributed by atoms with van der Waals surface area (Å²) in [4.78, 5) is 12.8. The molecule has 0 aliphatic rings. The fourth-order valence-corrected chi connectivity index (χ4v) is 3.18. The van der Waals surface area contributed by atoms with Crippen LogP contribution in [0.4, 0.5) is 10.1 Å². The molecule has 8 heteroatoms. The molecular formula is C17H16FN5OS. The molecule has 6 nitrogen and oxygen atoms in total. The second kappa shape index (κ2) is 7.35. The number of nitrogens with zero attached hydrogens (tertiary/aromatic N) is 3. The van der Waals surface area contributed by atoms with Crippen molar-refractivity contribution in [3.8, 4) is 0 Å². The van der Waals surface area contributed by atoms with Gasteiger partial charge in [-0.15, -0.1) is 10.2 Å². The Morgan fingerprint density at radius 1 is 1.16 bits per heavy atom. The minimum atomic E-state index is -0.586. The number of anilines is 1. The second-order valence-electron chi connectivity index (χ2n) is 5.30. The third-order valence-corrected chi connectivity index (χ3v) is 4.72. The van der Waals surface area contributed by atoms with Gasteiger partial charge in [-0.05, 0) is 36.8 Å². The average Bonchev–Trinajstić information content (AvgIpc) is 2.94. The zero-order valence-electron chi connectivity index (χ0n) is 13.4. The number of nitrogens with two attached hydrogens (primary N) is 1. The van der Waals surface area contributed by atoms with Crippen LogP contribution in [-0.2, 0) is 4.79 Å². The molecule has 0 radical (unpaired) electrons. The zero-order valence-corrected chi connectivity index (χ0v) is 14.2. The number of rotatable bonds is 5. The van der Waals surface area contributed by atoms with E-state index in [1.165, 1.54) is 40.7 Å². The molecule has 128 valence electrons. The number of carbonyl (C=O) groups excluding carboxylic acids is 1. The first-order valence-corrected chi connectivity index (χ1v) is 8.37. The Balaban J connectivity index is 1.86. The number of nitrogens with one attached hydrogen (secondary N) is 1. The van der Waals surface area contributed by atoms with Gasteiger partial charge in [-0.3, -0.25) is 4.79 Å². The molecule has 0 unspecified atom stereocenters. The minimum Gasteiger partial charge on any atom is -0.336 e. The van der Waals surface area contributed by atoms with Crippen molar-refractivity contribution in [3.63, 3.8) is 0 Å². The van der Waals surface area contributed by atoms with Crippen LogP contribution in [0.1, 0.15) is 16.6 Å². The highest BCUT2D eigenvalue weighted by Gasteiger charge is 2.25. The molecule has 0 aliphatic carbocycles. The lowest BCUT2D eigenvalue weighted by atomic mass is 10.1. The molecule has 1 aromatic heterocycles. The molecule has 25 heavy (non-hydrogen) atoms. The maximum absolute atomic E-state index is 13.0. The van der Waals surface area contributed by atoms with Gasteiger partial charge >= 0.3 is 0 Å². The van der Waals surface area contributed by atoms with E-state index >= 15 is 0 Å². The first-order chi connectivity index (χ1) is 12.0. The summed E-state index contributed by atoms with van der Waals surface area (Å²) in [6.45, 7) is 1.73. The Kier molecular flexibility index (Phi) is 4.99. The van der Waals surface area contributed by atoms with Crippen LogP contribution in [0.2, 0.25) is 0 Å². The van der Waals surface area contributed by atoms with Crippen molar-refractivity contribution in [1.29, 1.82) is 0 Å². The van der Waals surface area contributed by atoms with Crippen LogP contribution < -0.4 is 11.2 Å². The molecule has 1 heterocycles. The highest BCUT2D eigenvalue weighted by molar-refractivity contribution is 8.00. The summed E-state index contributed by atoms with van der Waals surface area (Å²) in [6, 6.07) is 14.9. The number of carbonyl (C=O) groups is 1. The summed E-state index contributed by atoms with van der Waals surface area (Å²) in [7, 11) is 0. The van der Waals surface area contributed by atoms with E-state index in [0.29, 0.717) is 16.7 Å². The smallest absolute Gasteiger partial charge is 0.242 e. The molecule has 2 aromatic carbocycles. The predicted molar refractivity (Wildman–Crippen MR) is 95.0 cm³/mol. The molecule has 0 fully saturated rings. The highest BCUT2D eigenvalue weighted by Crippen LogP contribution is 2.35. The van der Waals surface area contributed by atoms with Crippen LogP contribution in [0.15, 0.2) is 59.8 Å². The van der Waals surface area contributed by atoms with Crippen molar-refractivity contribution in [2.24, 2.45) is 0 Å². The van der Waals surface area contributed by atoms with E-state index in [9.17, 15) is 9.18 Å². The molecule has 0 bridgehead atoms. The van der Waals surface area contributed by atoms with E-state index < -0.39 is 5.25 Å². The largest absolute Gasteiger partial charge is 0.336 e. The summed E-state index contributed by atoms with van der Waals surface area (Å²) in [5, 5.41) is 10.5. The van der Waals surface area contributed by atoms with Gasteiger partial charge in [0, 0.05) is 5.69 Å². The normalized spacial score (nSPS) is 11.9. The number of nitrogen functional groups attached to an aromatic ring is 1. The number of halogens is 1. The van der Waals surface area contributed by atoms with Crippen LogP contribution in [0.3, 0.4) is 0 Å². The average molecular weight is 357 g/mol. The molecule has 0 saturated heterocycles. The predicted octanol–water partition coefficient (Wildman–Crippen LogP) is 2.91. The lowest BCUT2D eigenvalue weighted by Gasteiger charge is -2.16. The molecule has 0 saturated carbocycles. The van der Waals surface area contributed by atoms with Crippen molar-refractivity contribution in [1.82, 2.24) is 14.9 Å². The van der Waals surface area contributed by atoms with Crippen molar-refractivity contribution >= 4 is 23.4 Å². The number of hydrogen-bond donors (Lipinski definition) is 2. The van der Waals surface area contributed by atoms with Gasteiger partial charge in [-0.2, -0.15) is 0 Å². The quantitative estimate of drug-likeness (QED) is 0.542. The third-order valence-electron chi connectivity index (χ3n) is 3.51. The van der Waals surface area contributed by atoms with E-state index in [1.807, 2.05) is 30.3 Å². The molecule has 3 aromatic rings. The molecule has 0 spiro atoms. The number of amides is 1. The van der Waals surface area contributed by atoms with Gasteiger partial charge in [-0.1, -0.05) is 42.1 Å². The molecule has 1 atom stereocenters. The monoisotopic (exact) mass is 357 g/mol. The van der Waals surface area contributed by atoms with Crippen LogP contribution in [0.25, 0.3) is 0 Å². The number of hydrogen-bond acceptors (Lipinski definition) is 5. The van der Waals surface area contributed by atoms with Gasteiger partial charge < -0.3 is 11.2 Å². The van der Waals surface area contributed by atoms with E-state index in [-0.39, 0.29) is 11.7 Å². The number of thioether (sulfide) groups is 1. The maximum atomic E-state index is 13.0. The lowest BCUT2D eigenvalue weighted by molar-refractivity contribution is -0.115. The fourth-order valence-electron chi connectivity index (χ4n) is 2.18. The van der Waals surface area contributed by atoms with Crippen molar-refractivity contribution in [2.45, 2.75) is 17.3 Å². The standard InChI is InChI=1S/C17H16FN5OS/c1-11-21-22-17(23(11)19)25-15(12-5-3-2-4-6-12)16(24)20-14-9-7-13(18)8-10-14/h2-10,15H,19H2,1H3,(H,20,24)/t15-/m0/s1. The third kappa shape index (κ3) is 3.97. The van der Waals surface area contributed by atoms with Gasteiger partial charge in [0.15, 0.2) is 0 Å². The SMILES string of the molecule is Cc1nnc(S[C@H](C(=O)Nc2ccc(F)cc2)c2ccccc2)n1N. The van der Waals surface area contributed by atoms with E-state index in [2.05, 4.69) is 15.5 Å². The van der Waals surface area contributed by atoms with Crippen molar-refractivity contribution in [2.75, 3.05) is 11.2 Å². The second-order valence-corrected chi connectivity index (χ2v) is 6.38. The summed E-state index contributed by atoms with van der Waals surface area (Å²) in [5.74, 6) is 5.82. The van der Waals surface area contributed by atoms with Gasteiger partial charge in [0.05, 0.1) is 0 Å². The van der Waals surface area contributed by atoms with Crippen LogP contribution in [0, 0.1) is 12.7 Å². The Bertz CT molecular complexity index is 867. The van der Waals surface area contributed by atoms with Crippen molar-refractivity contribution < 1.29 is 9.18 Å². The molecular weight excluding hydrogens is 341 g/mol.